The summed E-state index contributed by atoms with van der Waals surface area (Å²) in [6.45, 7) is 1.54. The fourth-order valence-electron chi connectivity index (χ4n) is 1.53. The summed E-state index contributed by atoms with van der Waals surface area (Å²) in [4.78, 5) is 7.00. The normalized spacial score (nSPS) is 10.5. The van der Waals surface area contributed by atoms with Crippen LogP contribution in [0.4, 0.5) is 0 Å². The first-order chi connectivity index (χ1) is 7.86. The molecule has 0 amide bonds. The SMILES string of the molecule is Oc1ccccc1CNCCc1cnc[nH]1. The summed E-state index contributed by atoms with van der Waals surface area (Å²) in [5.74, 6) is 0.344. The van der Waals surface area contributed by atoms with Gasteiger partial charge in [-0.25, -0.2) is 4.98 Å². The molecule has 0 fully saturated rings. The number of rotatable bonds is 5. The standard InChI is InChI=1S/C12H15N3O/c16-12-4-2-1-3-10(12)7-13-6-5-11-8-14-9-15-11/h1-4,8-9,13,16H,5-7H2,(H,14,15). The summed E-state index contributed by atoms with van der Waals surface area (Å²) in [7, 11) is 0. The van der Waals surface area contributed by atoms with Crippen molar-refractivity contribution in [2.75, 3.05) is 6.54 Å². The lowest BCUT2D eigenvalue weighted by atomic mass is 10.2. The van der Waals surface area contributed by atoms with Gasteiger partial charge in [0.25, 0.3) is 0 Å². The molecule has 4 nitrogen and oxygen atoms in total. The number of nitrogens with one attached hydrogen (secondary N) is 2. The maximum absolute atomic E-state index is 9.54. The zero-order chi connectivity index (χ0) is 11.2. The van der Waals surface area contributed by atoms with E-state index in [4.69, 9.17) is 0 Å². The number of aromatic nitrogens is 2. The maximum atomic E-state index is 9.54. The number of imidazole rings is 1. The molecule has 2 aromatic rings. The van der Waals surface area contributed by atoms with Gasteiger partial charge in [-0.3, -0.25) is 0 Å². The Bertz CT molecular complexity index is 426. The van der Waals surface area contributed by atoms with Gasteiger partial charge < -0.3 is 15.4 Å². The molecule has 0 saturated heterocycles. The Labute approximate surface area is 94.4 Å². The van der Waals surface area contributed by atoms with Gasteiger partial charge in [-0.1, -0.05) is 18.2 Å². The number of hydrogen-bond acceptors (Lipinski definition) is 3. The molecule has 0 spiro atoms. The van der Waals surface area contributed by atoms with Crippen molar-refractivity contribution in [3.8, 4) is 5.75 Å². The van der Waals surface area contributed by atoms with Gasteiger partial charge in [0, 0.05) is 37.0 Å². The van der Waals surface area contributed by atoms with E-state index in [9.17, 15) is 5.11 Å². The van der Waals surface area contributed by atoms with E-state index >= 15 is 0 Å². The third kappa shape index (κ3) is 2.84. The van der Waals surface area contributed by atoms with E-state index in [1.54, 1.807) is 12.4 Å². The second-order valence-electron chi connectivity index (χ2n) is 3.63. The van der Waals surface area contributed by atoms with Crippen LogP contribution in [0.25, 0.3) is 0 Å². The highest BCUT2D eigenvalue weighted by Crippen LogP contribution is 2.14. The quantitative estimate of drug-likeness (QED) is 0.664. The second-order valence-corrected chi connectivity index (χ2v) is 3.63. The van der Waals surface area contributed by atoms with Crippen LogP contribution in [0.3, 0.4) is 0 Å². The van der Waals surface area contributed by atoms with Crippen molar-refractivity contribution in [2.45, 2.75) is 13.0 Å². The fourth-order valence-corrected chi connectivity index (χ4v) is 1.53. The average Bonchev–Trinajstić information content (AvgIpc) is 2.79. The number of phenols is 1. The number of H-pyrrole nitrogens is 1. The first-order valence-electron chi connectivity index (χ1n) is 5.31. The van der Waals surface area contributed by atoms with Crippen molar-refractivity contribution in [1.29, 1.82) is 0 Å². The smallest absolute Gasteiger partial charge is 0.120 e. The van der Waals surface area contributed by atoms with Crippen LogP contribution in [-0.4, -0.2) is 21.6 Å². The van der Waals surface area contributed by atoms with E-state index in [-0.39, 0.29) is 0 Å². The molecular weight excluding hydrogens is 202 g/mol. The van der Waals surface area contributed by atoms with Crippen molar-refractivity contribution in [3.63, 3.8) is 0 Å². The molecule has 0 aliphatic rings. The Kier molecular flexibility index (Phi) is 3.56. The summed E-state index contributed by atoms with van der Waals surface area (Å²) in [6.07, 6.45) is 4.41. The minimum absolute atomic E-state index is 0.344. The van der Waals surface area contributed by atoms with Crippen LogP contribution in [0.2, 0.25) is 0 Å². The minimum atomic E-state index is 0.344. The second kappa shape index (κ2) is 5.32. The zero-order valence-corrected chi connectivity index (χ0v) is 8.98. The monoisotopic (exact) mass is 217 g/mol. The lowest BCUT2D eigenvalue weighted by Crippen LogP contribution is -2.16. The van der Waals surface area contributed by atoms with Crippen molar-refractivity contribution in [2.24, 2.45) is 0 Å². The highest BCUT2D eigenvalue weighted by Gasteiger charge is 1.98. The molecule has 16 heavy (non-hydrogen) atoms. The van der Waals surface area contributed by atoms with Crippen molar-refractivity contribution < 1.29 is 5.11 Å². The van der Waals surface area contributed by atoms with Gasteiger partial charge in [0.2, 0.25) is 0 Å². The number of benzene rings is 1. The molecular formula is C12H15N3O. The predicted molar refractivity (Wildman–Crippen MR) is 62.1 cm³/mol. The number of para-hydroxylation sites is 1. The number of phenolic OH excluding ortho intramolecular Hbond substituents is 1. The first-order valence-corrected chi connectivity index (χ1v) is 5.31. The largest absolute Gasteiger partial charge is 0.508 e. The van der Waals surface area contributed by atoms with E-state index in [2.05, 4.69) is 15.3 Å². The highest BCUT2D eigenvalue weighted by atomic mass is 16.3. The summed E-state index contributed by atoms with van der Waals surface area (Å²) in [5, 5.41) is 12.8. The first kappa shape index (κ1) is 10.7. The van der Waals surface area contributed by atoms with E-state index in [1.807, 2.05) is 24.4 Å². The van der Waals surface area contributed by atoms with Crippen LogP contribution in [0, 0.1) is 0 Å². The molecule has 0 radical (unpaired) electrons. The van der Waals surface area contributed by atoms with Gasteiger partial charge in [-0.2, -0.15) is 0 Å². The van der Waals surface area contributed by atoms with Gasteiger partial charge >= 0.3 is 0 Å². The summed E-state index contributed by atoms with van der Waals surface area (Å²) < 4.78 is 0. The average molecular weight is 217 g/mol. The molecule has 84 valence electrons. The van der Waals surface area contributed by atoms with Gasteiger partial charge in [-0.05, 0) is 6.07 Å². The van der Waals surface area contributed by atoms with Crippen LogP contribution < -0.4 is 5.32 Å². The molecule has 2 rings (SSSR count). The van der Waals surface area contributed by atoms with Gasteiger partial charge in [0.05, 0.1) is 6.33 Å². The Morgan fingerprint density at radius 2 is 2.19 bits per heavy atom. The lowest BCUT2D eigenvalue weighted by molar-refractivity contribution is 0.464. The minimum Gasteiger partial charge on any atom is -0.508 e. The van der Waals surface area contributed by atoms with Crippen molar-refractivity contribution in [3.05, 3.63) is 48.0 Å². The van der Waals surface area contributed by atoms with Gasteiger partial charge in [-0.15, -0.1) is 0 Å². The predicted octanol–water partition coefficient (Wildman–Crippen LogP) is 1.45. The Hall–Kier alpha value is -1.81. The topological polar surface area (TPSA) is 60.9 Å². The summed E-state index contributed by atoms with van der Waals surface area (Å²) in [5.41, 5.74) is 2.04. The third-order valence-electron chi connectivity index (χ3n) is 2.43. The van der Waals surface area contributed by atoms with Crippen LogP contribution in [0.15, 0.2) is 36.8 Å². The molecule has 0 bridgehead atoms. The molecule has 0 aliphatic carbocycles. The molecule has 0 unspecified atom stereocenters. The van der Waals surface area contributed by atoms with Crippen LogP contribution in [-0.2, 0) is 13.0 Å². The molecule has 0 aliphatic heterocycles. The Balaban J connectivity index is 1.74. The van der Waals surface area contributed by atoms with Gasteiger partial charge in [0.15, 0.2) is 0 Å². The molecule has 1 aromatic carbocycles. The molecule has 3 N–H and O–H groups in total. The molecule has 1 heterocycles. The van der Waals surface area contributed by atoms with Crippen molar-refractivity contribution >= 4 is 0 Å². The highest BCUT2D eigenvalue weighted by molar-refractivity contribution is 5.31. The maximum Gasteiger partial charge on any atom is 0.120 e. The number of aromatic amines is 1. The van der Waals surface area contributed by atoms with Crippen LogP contribution in [0.1, 0.15) is 11.3 Å². The van der Waals surface area contributed by atoms with E-state index in [0.29, 0.717) is 12.3 Å². The Morgan fingerprint density at radius 1 is 1.31 bits per heavy atom. The third-order valence-corrected chi connectivity index (χ3v) is 2.43. The summed E-state index contributed by atoms with van der Waals surface area (Å²) in [6, 6.07) is 7.36. The fraction of sp³-hybridized carbons (Fsp3) is 0.250. The number of hydrogen-bond donors (Lipinski definition) is 3. The molecule has 0 atom stereocenters. The molecule has 1 aromatic heterocycles. The molecule has 4 heteroatoms. The van der Waals surface area contributed by atoms with E-state index in [0.717, 1.165) is 24.2 Å². The van der Waals surface area contributed by atoms with E-state index in [1.165, 1.54) is 0 Å². The van der Waals surface area contributed by atoms with Gasteiger partial charge in [0.1, 0.15) is 5.75 Å². The van der Waals surface area contributed by atoms with Crippen LogP contribution in [0.5, 0.6) is 5.75 Å². The zero-order valence-electron chi connectivity index (χ0n) is 8.98. The summed E-state index contributed by atoms with van der Waals surface area (Å²) >= 11 is 0. The van der Waals surface area contributed by atoms with Crippen molar-refractivity contribution in [1.82, 2.24) is 15.3 Å². The number of nitrogens with zero attached hydrogens (tertiary/aromatic N) is 1. The van der Waals surface area contributed by atoms with E-state index < -0.39 is 0 Å². The molecule has 0 saturated carbocycles. The van der Waals surface area contributed by atoms with Crippen LogP contribution >= 0.6 is 0 Å². The lowest BCUT2D eigenvalue weighted by Gasteiger charge is -2.05. The Morgan fingerprint density at radius 3 is 2.94 bits per heavy atom. The number of aromatic hydroxyl groups is 1.